The Balaban J connectivity index is 2.35. The first kappa shape index (κ1) is 12.2. The molecule has 0 fully saturated rings. The van der Waals surface area contributed by atoms with Gasteiger partial charge in [0.05, 0.1) is 0 Å². The topological polar surface area (TPSA) is 15.3 Å². The van der Waals surface area contributed by atoms with Crippen LogP contribution in [0.5, 0.6) is 0 Å². The van der Waals surface area contributed by atoms with Crippen LogP contribution in [0.2, 0.25) is 0 Å². The Morgan fingerprint density at radius 3 is 2.47 bits per heavy atom. The Morgan fingerprint density at radius 2 is 1.87 bits per heavy atom. The number of likely N-dealkylation sites (N-methyl/N-ethyl adjacent to an activating group) is 1. The Morgan fingerprint density at radius 1 is 1.13 bits per heavy atom. The molecule has 0 aromatic heterocycles. The summed E-state index contributed by atoms with van der Waals surface area (Å²) in [7, 11) is 4.19. The lowest BCUT2D eigenvalue weighted by Crippen LogP contribution is -2.26. The van der Waals surface area contributed by atoms with Crippen molar-refractivity contribution in [3.8, 4) is 0 Å². The van der Waals surface area contributed by atoms with Crippen LogP contribution in [0.15, 0.2) is 18.2 Å². The van der Waals surface area contributed by atoms with Gasteiger partial charge < -0.3 is 10.2 Å². The average molecular weight is 206 g/mol. The smallest absolute Gasteiger partial charge is 0.0206 e. The van der Waals surface area contributed by atoms with Gasteiger partial charge in [-0.2, -0.15) is 0 Å². The van der Waals surface area contributed by atoms with Gasteiger partial charge in [0.1, 0.15) is 0 Å². The first-order valence-corrected chi connectivity index (χ1v) is 5.51. The van der Waals surface area contributed by atoms with E-state index in [9.17, 15) is 0 Å². The van der Waals surface area contributed by atoms with Crippen LogP contribution in [-0.2, 0) is 6.54 Å². The molecule has 0 heterocycles. The van der Waals surface area contributed by atoms with E-state index >= 15 is 0 Å². The lowest BCUT2D eigenvalue weighted by atomic mass is 10.1. The molecule has 84 valence electrons. The largest absolute Gasteiger partial charge is 0.311 e. The second-order valence-electron chi connectivity index (χ2n) is 4.40. The zero-order chi connectivity index (χ0) is 11.3. The number of hydrogen-bond acceptors (Lipinski definition) is 2. The van der Waals surface area contributed by atoms with E-state index in [-0.39, 0.29) is 0 Å². The highest BCUT2D eigenvalue weighted by molar-refractivity contribution is 5.29. The van der Waals surface area contributed by atoms with Gasteiger partial charge in [0.15, 0.2) is 0 Å². The third kappa shape index (κ3) is 4.45. The first-order chi connectivity index (χ1) is 7.09. The Kier molecular flexibility index (Phi) is 4.79. The lowest BCUT2D eigenvalue weighted by molar-refractivity contribution is 0.400. The van der Waals surface area contributed by atoms with Crippen molar-refractivity contribution in [3.05, 3.63) is 34.9 Å². The third-order valence-electron chi connectivity index (χ3n) is 2.64. The van der Waals surface area contributed by atoms with E-state index < -0.39 is 0 Å². The molecule has 0 radical (unpaired) electrons. The van der Waals surface area contributed by atoms with Gasteiger partial charge in [-0.3, -0.25) is 0 Å². The highest BCUT2D eigenvalue weighted by Gasteiger charge is 1.96. The average Bonchev–Trinajstić information content (AvgIpc) is 2.18. The minimum atomic E-state index is 0.967. The summed E-state index contributed by atoms with van der Waals surface area (Å²) in [4.78, 5) is 2.19. The van der Waals surface area contributed by atoms with Crippen molar-refractivity contribution >= 4 is 0 Å². The quantitative estimate of drug-likeness (QED) is 0.741. The molecular weight excluding hydrogens is 184 g/mol. The maximum atomic E-state index is 3.44. The van der Waals surface area contributed by atoms with E-state index in [0.717, 1.165) is 19.6 Å². The van der Waals surface area contributed by atoms with Crippen molar-refractivity contribution in [1.29, 1.82) is 0 Å². The number of benzene rings is 1. The molecule has 1 aromatic carbocycles. The van der Waals surface area contributed by atoms with E-state index in [0.29, 0.717) is 0 Å². The van der Waals surface area contributed by atoms with Crippen molar-refractivity contribution in [2.45, 2.75) is 20.4 Å². The molecule has 0 aliphatic heterocycles. The predicted octanol–water partition coefficient (Wildman–Crippen LogP) is 1.95. The summed E-state index contributed by atoms with van der Waals surface area (Å²) in [5.41, 5.74) is 4.12. The van der Waals surface area contributed by atoms with Gasteiger partial charge in [0, 0.05) is 19.6 Å². The lowest BCUT2D eigenvalue weighted by Gasteiger charge is -2.11. The second-order valence-corrected chi connectivity index (χ2v) is 4.40. The van der Waals surface area contributed by atoms with E-state index in [1.165, 1.54) is 16.7 Å². The van der Waals surface area contributed by atoms with Crippen LogP contribution in [0.3, 0.4) is 0 Å². The first-order valence-electron chi connectivity index (χ1n) is 5.51. The van der Waals surface area contributed by atoms with Crippen LogP contribution >= 0.6 is 0 Å². The van der Waals surface area contributed by atoms with Crippen molar-refractivity contribution in [2.75, 3.05) is 27.2 Å². The van der Waals surface area contributed by atoms with E-state index in [1.54, 1.807) is 0 Å². The van der Waals surface area contributed by atoms with Gasteiger partial charge in [-0.15, -0.1) is 0 Å². The SMILES string of the molecule is Cc1ccc(CNCCN(C)C)cc1C. The van der Waals surface area contributed by atoms with Gasteiger partial charge in [-0.25, -0.2) is 0 Å². The molecule has 15 heavy (non-hydrogen) atoms. The molecule has 0 saturated heterocycles. The third-order valence-corrected chi connectivity index (χ3v) is 2.64. The monoisotopic (exact) mass is 206 g/mol. The van der Waals surface area contributed by atoms with E-state index in [4.69, 9.17) is 0 Å². The van der Waals surface area contributed by atoms with Gasteiger partial charge >= 0.3 is 0 Å². The number of nitrogens with zero attached hydrogens (tertiary/aromatic N) is 1. The predicted molar refractivity (Wildman–Crippen MR) is 66.2 cm³/mol. The fraction of sp³-hybridized carbons (Fsp3) is 0.538. The molecule has 0 bridgehead atoms. The standard InChI is InChI=1S/C13H22N2/c1-11-5-6-13(9-12(11)2)10-14-7-8-15(3)4/h5-6,9,14H,7-8,10H2,1-4H3. The molecule has 1 rings (SSSR count). The summed E-state index contributed by atoms with van der Waals surface area (Å²) in [5.74, 6) is 0. The van der Waals surface area contributed by atoms with Crippen LogP contribution in [0, 0.1) is 13.8 Å². The molecule has 0 unspecified atom stereocenters. The van der Waals surface area contributed by atoms with Crippen molar-refractivity contribution < 1.29 is 0 Å². The van der Waals surface area contributed by atoms with Gasteiger partial charge in [-0.05, 0) is 44.6 Å². The molecule has 1 N–H and O–H groups in total. The summed E-state index contributed by atoms with van der Waals surface area (Å²) < 4.78 is 0. The van der Waals surface area contributed by atoms with Crippen molar-refractivity contribution in [3.63, 3.8) is 0 Å². The minimum absolute atomic E-state index is 0.967. The Bertz CT molecular complexity index is 305. The van der Waals surface area contributed by atoms with Gasteiger partial charge in [-0.1, -0.05) is 18.2 Å². The fourth-order valence-corrected chi connectivity index (χ4v) is 1.45. The highest BCUT2D eigenvalue weighted by Crippen LogP contribution is 2.09. The summed E-state index contributed by atoms with van der Waals surface area (Å²) >= 11 is 0. The maximum Gasteiger partial charge on any atom is 0.0206 e. The molecule has 2 heteroatoms. The van der Waals surface area contributed by atoms with Crippen LogP contribution in [-0.4, -0.2) is 32.1 Å². The van der Waals surface area contributed by atoms with Crippen LogP contribution in [0.25, 0.3) is 0 Å². The number of hydrogen-bond donors (Lipinski definition) is 1. The summed E-state index contributed by atoms with van der Waals surface area (Å²) in [6.45, 7) is 7.41. The highest BCUT2D eigenvalue weighted by atomic mass is 15.1. The minimum Gasteiger partial charge on any atom is -0.311 e. The van der Waals surface area contributed by atoms with Gasteiger partial charge in [0.2, 0.25) is 0 Å². The number of aryl methyl sites for hydroxylation is 2. The van der Waals surface area contributed by atoms with Gasteiger partial charge in [0.25, 0.3) is 0 Å². The molecule has 0 spiro atoms. The molecule has 0 amide bonds. The van der Waals surface area contributed by atoms with E-state index in [1.807, 2.05) is 0 Å². The summed E-state index contributed by atoms with van der Waals surface area (Å²) in [5, 5.41) is 3.44. The van der Waals surface area contributed by atoms with Crippen LogP contribution in [0.1, 0.15) is 16.7 Å². The molecule has 2 nitrogen and oxygen atoms in total. The van der Waals surface area contributed by atoms with E-state index in [2.05, 4.69) is 56.4 Å². The van der Waals surface area contributed by atoms with Crippen LogP contribution < -0.4 is 5.32 Å². The zero-order valence-corrected chi connectivity index (χ0v) is 10.3. The zero-order valence-electron chi connectivity index (χ0n) is 10.3. The summed E-state index contributed by atoms with van der Waals surface area (Å²) in [6, 6.07) is 6.65. The number of nitrogens with one attached hydrogen (secondary N) is 1. The molecule has 1 aromatic rings. The number of rotatable bonds is 5. The van der Waals surface area contributed by atoms with Crippen LogP contribution in [0.4, 0.5) is 0 Å². The Labute approximate surface area is 93.3 Å². The molecule has 0 aliphatic rings. The Hall–Kier alpha value is -0.860. The molecular formula is C13H22N2. The van der Waals surface area contributed by atoms with Crippen molar-refractivity contribution in [2.24, 2.45) is 0 Å². The normalized spacial score (nSPS) is 11.0. The van der Waals surface area contributed by atoms with Crippen molar-refractivity contribution in [1.82, 2.24) is 10.2 Å². The molecule has 0 atom stereocenters. The summed E-state index contributed by atoms with van der Waals surface area (Å²) in [6.07, 6.45) is 0. The maximum absolute atomic E-state index is 3.44. The molecule has 0 aliphatic carbocycles. The molecule has 0 saturated carbocycles. The fourth-order valence-electron chi connectivity index (χ4n) is 1.45. The second kappa shape index (κ2) is 5.89.